The van der Waals surface area contributed by atoms with Crippen LogP contribution in [0.5, 0.6) is 0 Å². The van der Waals surface area contributed by atoms with Crippen LogP contribution in [0.4, 0.5) is 4.39 Å². The Kier molecular flexibility index (Phi) is 4.55. The van der Waals surface area contributed by atoms with E-state index in [9.17, 15) is 4.39 Å². The second-order valence-electron chi connectivity index (χ2n) is 5.06. The third-order valence-corrected chi connectivity index (χ3v) is 3.72. The van der Waals surface area contributed by atoms with Crippen LogP contribution in [-0.2, 0) is 0 Å². The first-order chi connectivity index (χ1) is 8.31. The Morgan fingerprint density at radius 1 is 1.35 bits per heavy atom. The molecule has 1 aromatic rings. The highest BCUT2D eigenvalue weighted by atomic mass is 19.1. The van der Waals surface area contributed by atoms with Gasteiger partial charge in [-0.05, 0) is 31.4 Å². The molecule has 1 fully saturated rings. The molecular formula is C15H22FN. The van der Waals surface area contributed by atoms with Crippen LogP contribution < -0.4 is 5.32 Å². The topological polar surface area (TPSA) is 12.0 Å². The highest BCUT2D eigenvalue weighted by molar-refractivity contribution is 5.21. The molecule has 1 aromatic carbocycles. The molecule has 0 saturated heterocycles. The fourth-order valence-corrected chi connectivity index (χ4v) is 2.46. The molecule has 17 heavy (non-hydrogen) atoms. The average molecular weight is 235 g/mol. The minimum Gasteiger partial charge on any atom is -0.310 e. The van der Waals surface area contributed by atoms with Crippen molar-refractivity contribution in [3.05, 3.63) is 35.6 Å². The van der Waals surface area contributed by atoms with Crippen molar-refractivity contribution < 1.29 is 4.39 Å². The van der Waals surface area contributed by atoms with Gasteiger partial charge in [-0.15, -0.1) is 0 Å². The van der Waals surface area contributed by atoms with Crippen LogP contribution in [0.15, 0.2) is 24.3 Å². The van der Waals surface area contributed by atoms with E-state index >= 15 is 0 Å². The number of halogens is 1. The number of hydrogen-bond acceptors (Lipinski definition) is 1. The molecular weight excluding hydrogens is 213 g/mol. The van der Waals surface area contributed by atoms with Gasteiger partial charge in [-0.25, -0.2) is 4.39 Å². The van der Waals surface area contributed by atoms with Crippen molar-refractivity contribution in [2.75, 3.05) is 6.54 Å². The SMILES string of the molecule is CCCNC(CC1CCC1)c1ccccc1F. The van der Waals surface area contributed by atoms with Crippen molar-refractivity contribution in [3.63, 3.8) is 0 Å². The number of hydrogen-bond donors (Lipinski definition) is 1. The zero-order chi connectivity index (χ0) is 12.1. The molecule has 0 aliphatic heterocycles. The lowest BCUT2D eigenvalue weighted by molar-refractivity contribution is 0.259. The van der Waals surface area contributed by atoms with Gasteiger partial charge in [0.2, 0.25) is 0 Å². The molecule has 94 valence electrons. The summed E-state index contributed by atoms with van der Waals surface area (Å²) in [6.45, 7) is 3.11. The molecule has 0 bridgehead atoms. The Balaban J connectivity index is 2.05. The summed E-state index contributed by atoms with van der Waals surface area (Å²) in [4.78, 5) is 0. The van der Waals surface area contributed by atoms with E-state index in [4.69, 9.17) is 0 Å². The minimum absolute atomic E-state index is 0.0690. The minimum atomic E-state index is -0.0690. The van der Waals surface area contributed by atoms with Gasteiger partial charge in [-0.1, -0.05) is 44.4 Å². The summed E-state index contributed by atoms with van der Waals surface area (Å²) in [5.74, 6) is 0.726. The van der Waals surface area contributed by atoms with Gasteiger partial charge in [0.05, 0.1) is 0 Å². The maximum atomic E-state index is 13.8. The maximum absolute atomic E-state index is 13.8. The van der Waals surface area contributed by atoms with E-state index in [1.165, 1.54) is 19.3 Å². The van der Waals surface area contributed by atoms with Gasteiger partial charge < -0.3 is 5.32 Å². The Morgan fingerprint density at radius 3 is 2.71 bits per heavy atom. The molecule has 2 heteroatoms. The fraction of sp³-hybridized carbons (Fsp3) is 0.600. The Labute approximate surface area is 103 Å². The Hall–Kier alpha value is -0.890. The lowest BCUT2D eigenvalue weighted by atomic mass is 9.79. The summed E-state index contributed by atoms with van der Waals surface area (Å²) >= 11 is 0. The highest BCUT2D eigenvalue weighted by Crippen LogP contribution is 2.35. The zero-order valence-corrected chi connectivity index (χ0v) is 10.6. The molecule has 1 atom stereocenters. The van der Waals surface area contributed by atoms with Gasteiger partial charge in [0.1, 0.15) is 5.82 Å². The molecule has 0 heterocycles. The third-order valence-electron chi connectivity index (χ3n) is 3.72. The molecule has 1 aliphatic rings. The van der Waals surface area contributed by atoms with E-state index < -0.39 is 0 Å². The van der Waals surface area contributed by atoms with Crippen molar-refractivity contribution in [2.24, 2.45) is 5.92 Å². The summed E-state index contributed by atoms with van der Waals surface area (Å²) < 4.78 is 13.8. The molecule has 0 radical (unpaired) electrons. The smallest absolute Gasteiger partial charge is 0.127 e. The predicted octanol–water partition coefficient (Wildman–Crippen LogP) is 4.06. The van der Waals surface area contributed by atoms with Crippen molar-refractivity contribution in [1.29, 1.82) is 0 Å². The van der Waals surface area contributed by atoms with Crippen molar-refractivity contribution >= 4 is 0 Å². The van der Waals surface area contributed by atoms with Gasteiger partial charge >= 0.3 is 0 Å². The molecule has 0 amide bonds. The van der Waals surface area contributed by atoms with Crippen LogP contribution in [0.2, 0.25) is 0 Å². The number of nitrogens with one attached hydrogen (secondary N) is 1. The quantitative estimate of drug-likeness (QED) is 0.784. The van der Waals surface area contributed by atoms with E-state index in [2.05, 4.69) is 12.2 Å². The molecule has 1 nitrogen and oxygen atoms in total. The molecule has 1 aliphatic carbocycles. The zero-order valence-electron chi connectivity index (χ0n) is 10.6. The highest BCUT2D eigenvalue weighted by Gasteiger charge is 2.24. The first-order valence-corrected chi connectivity index (χ1v) is 6.79. The van der Waals surface area contributed by atoms with Crippen LogP contribution in [0, 0.1) is 11.7 Å². The van der Waals surface area contributed by atoms with Gasteiger partial charge in [-0.2, -0.15) is 0 Å². The molecule has 1 N–H and O–H groups in total. The van der Waals surface area contributed by atoms with Crippen LogP contribution >= 0.6 is 0 Å². The van der Waals surface area contributed by atoms with Crippen LogP contribution in [-0.4, -0.2) is 6.54 Å². The van der Waals surface area contributed by atoms with Crippen molar-refractivity contribution in [3.8, 4) is 0 Å². The van der Waals surface area contributed by atoms with E-state index in [0.717, 1.165) is 30.9 Å². The van der Waals surface area contributed by atoms with E-state index in [0.29, 0.717) is 0 Å². The van der Waals surface area contributed by atoms with E-state index in [1.54, 1.807) is 12.1 Å². The second-order valence-corrected chi connectivity index (χ2v) is 5.06. The summed E-state index contributed by atoms with van der Waals surface area (Å²) in [7, 11) is 0. The lowest BCUT2D eigenvalue weighted by Crippen LogP contribution is -2.27. The van der Waals surface area contributed by atoms with Crippen LogP contribution in [0.1, 0.15) is 50.6 Å². The standard InChI is InChI=1S/C15H22FN/c1-2-10-17-15(11-12-6-5-7-12)13-8-3-4-9-14(13)16/h3-4,8-9,12,15,17H,2,5-7,10-11H2,1H3. The molecule has 0 spiro atoms. The van der Waals surface area contributed by atoms with E-state index in [-0.39, 0.29) is 11.9 Å². The third kappa shape index (κ3) is 3.29. The van der Waals surface area contributed by atoms with Crippen molar-refractivity contribution in [2.45, 2.75) is 45.1 Å². The summed E-state index contributed by atoms with van der Waals surface area (Å²) in [5.41, 5.74) is 0.841. The second kappa shape index (κ2) is 6.15. The first-order valence-electron chi connectivity index (χ1n) is 6.79. The maximum Gasteiger partial charge on any atom is 0.127 e. The van der Waals surface area contributed by atoms with Gasteiger partial charge in [0, 0.05) is 11.6 Å². The first kappa shape index (κ1) is 12.6. The lowest BCUT2D eigenvalue weighted by Gasteiger charge is -2.30. The number of rotatable bonds is 6. The predicted molar refractivity (Wildman–Crippen MR) is 69.4 cm³/mol. The van der Waals surface area contributed by atoms with Gasteiger partial charge in [0.15, 0.2) is 0 Å². The summed E-state index contributed by atoms with van der Waals surface area (Å²) in [6, 6.07) is 7.37. The normalized spacial score (nSPS) is 17.8. The van der Waals surface area contributed by atoms with E-state index in [1.807, 2.05) is 12.1 Å². The average Bonchev–Trinajstić information content (AvgIpc) is 2.28. The molecule has 0 aromatic heterocycles. The fourth-order valence-electron chi connectivity index (χ4n) is 2.46. The van der Waals surface area contributed by atoms with Gasteiger partial charge in [-0.3, -0.25) is 0 Å². The molecule has 2 rings (SSSR count). The molecule has 1 unspecified atom stereocenters. The molecule has 1 saturated carbocycles. The Morgan fingerprint density at radius 2 is 2.12 bits per heavy atom. The summed E-state index contributed by atoms with van der Waals surface area (Å²) in [5, 5.41) is 3.49. The van der Waals surface area contributed by atoms with Crippen LogP contribution in [0.25, 0.3) is 0 Å². The summed E-state index contributed by atoms with van der Waals surface area (Å²) in [6.07, 6.45) is 6.16. The monoisotopic (exact) mass is 235 g/mol. The van der Waals surface area contributed by atoms with Gasteiger partial charge in [0.25, 0.3) is 0 Å². The largest absolute Gasteiger partial charge is 0.310 e. The van der Waals surface area contributed by atoms with Crippen LogP contribution in [0.3, 0.4) is 0 Å². The number of benzene rings is 1. The Bertz CT molecular complexity index is 347. The van der Waals surface area contributed by atoms with Crippen molar-refractivity contribution in [1.82, 2.24) is 5.32 Å².